The van der Waals surface area contributed by atoms with Crippen LogP contribution >= 0.6 is 11.3 Å². The fraction of sp³-hybridized carbons (Fsp3) is 0.444. The molecule has 1 nitrogen and oxygen atoms in total. The third-order valence-electron chi connectivity index (χ3n) is 3.69. The summed E-state index contributed by atoms with van der Waals surface area (Å²) in [6, 6.07) is 9.21. The van der Waals surface area contributed by atoms with Crippen LogP contribution in [0.15, 0.2) is 41.1 Å². The second-order valence-electron chi connectivity index (χ2n) is 5.57. The number of benzene rings is 1. The maximum atomic E-state index is 13.3. The Morgan fingerprint density at radius 3 is 2.86 bits per heavy atom. The predicted octanol–water partition coefficient (Wildman–Crippen LogP) is 4.68. The Bertz CT molecular complexity index is 510. The molecular weight excluding hydrogens is 281 g/mol. The number of hydrogen-bond acceptors (Lipinski definition) is 2. The molecule has 1 aromatic heterocycles. The van der Waals surface area contributed by atoms with Crippen LogP contribution in [0.1, 0.15) is 30.9 Å². The smallest absolute Gasteiger partial charge is 0.123 e. The minimum Gasteiger partial charge on any atom is -0.316 e. The standard InChI is InChI=1S/C18H24FNS/c1-2-9-20-13-17(7-6-15-8-10-21-14-15)11-16-4-3-5-18(19)12-16/h3-5,8,10,12,14,17,20H,2,6-7,9,11,13H2,1H3. The molecule has 0 aliphatic carbocycles. The second kappa shape index (κ2) is 8.96. The Hall–Kier alpha value is -1.19. The summed E-state index contributed by atoms with van der Waals surface area (Å²) in [6.07, 6.45) is 4.34. The van der Waals surface area contributed by atoms with Gasteiger partial charge in [0.2, 0.25) is 0 Å². The zero-order valence-electron chi connectivity index (χ0n) is 12.6. The van der Waals surface area contributed by atoms with Crippen molar-refractivity contribution in [2.75, 3.05) is 13.1 Å². The van der Waals surface area contributed by atoms with E-state index >= 15 is 0 Å². The van der Waals surface area contributed by atoms with Crippen LogP contribution in [-0.4, -0.2) is 13.1 Å². The molecule has 2 aromatic rings. The molecule has 1 aromatic carbocycles. The molecule has 21 heavy (non-hydrogen) atoms. The van der Waals surface area contributed by atoms with Gasteiger partial charge in [-0.1, -0.05) is 19.1 Å². The summed E-state index contributed by atoms with van der Waals surface area (Å²) in [7, 11) is 0. The van der Waals surface area contributed by atoms with Crippen molar-refractivity contribution in [3.63, 3.8) is 0 Å². The molecule has 0 aliphatic heterocycles. The van der Waals surface area contributed by atoms with E-state index in [0.717, 1.165) is 44.3 Å². The molecule has 0 fully saturated rings. The van der Waals surface area contributed by atoms with Crippen LogP contribution in [0, 0.1) is 11.7 Å². The van der Waals surface area contributed by atoms with E-state index in [1.165, 1.54) is 11.6 Å². The number of rotatable bonds is 9. The molecule has 0 aliphatic rings. The first-order chi connectivity index (χ1) is 10.3. The third kappa shape index (κ3) is 5.98. The van der Waals surface area contributed by atoms with E-state index in [-0.39, 0.29) is 5.82 Å². The zero-order chi connectivity index (χ0) is 14.9. The molecule has 1 atom stereocenters. The van der Waals surface area contributed by atoms with E-state index in [1.54, 1.807) is 23.5 Å². The minimum absolute atomic E-state index is 0.134. The number of nitrogens with one attached hydrogen (secondary N) is 1. The summed E-state index contributed by atoms with van der Waals surface area (Å²) in [5, 5.41) is 7.86. The molecule has 0 saturated carbocycles. The van der Waals surface area contributed by atoms with Gasteiger partial charge in [0.1, 0.15) is 5.82 Å². The first kappa shape index (κ1) is 16.2. The summed E-state index contributed by atoms with van der Waals surface area (Å²) in [4.78, 5) is 0. The highest BCUT2D eigenvalue weighted by atomic mass is 32.1. The van der Waals surface area contributed by atoms with Gasteiger partial charge in [0.05, 0.1) is 0 Å². The lowest BCUT2D eigenvalue weighted by molar-refractivity contribution is 0.443. The van der Waals surface area contributed by atoms with Crippen molar-refractivity contribution >= 4 is 11.3 Å². The van der Waals surface area contributed by atoms with Crippen molar-refractivity contribution < 1.29 is 4.39 Å². The van der Waals surface area contributed by atoms with Crippen molar-refractivity contribution in [2.45, 2.75) is 32.6 Å². The van der Waals surface area contributed by atoms with Gasteiger partial charge in [0, 0.05) is 0 Å². The number of hydrogen-bond donors (Lipinski definition) is 1. The highest BCUT2D eigenvalue weighted by Gasteiger charge is 2.10. The van der Waals surface area contributed by atoms with E-state index in [0.29, 0.717) is 5.92 Å². The Morgan fingerprint density at radius 2 is 2.14 bits per heavy atom. The molecule has 0 saturated heterocycles. The van der Waals surface area contributed by atoms with E-state index < -0.39 is 0 Å². The lowest BCUT2D eigenvalue weighted by Gasteiger charge is -2.17. The monoisotopic (exact) mass is 305 g/mol. The van der Waals surface area contributed by atoms with Crippen molar-refractivity contribution in [2.24, 2.45) is 5.92 Å². The van der Waals surface area contributed by atoms with Crippen LogP contribution < -0.4 is 5.32 Å². The molecule has 114 valence electrons. The van der Waals surface area contributed by atoms with Gasteiger partial charge in [-0.3, -0.25) is 0 Å². The molecule has 3 heteroatoms. The summed E-state index contributed by atoms with van der Waals surface area (Å²) in [5.74, 6) is 0.420. The largest absolute Gasteiger partial charge is 0.316 e. The van der Waals surface area contributed by atoms with Crippen LogP contribution in [-0.2, 0) is 12.8 Å². The van der Waals surface area contributed by atoms with Crippen LogP contribution in [0.2, 0.25) is 0 Å². The van der Waals surface area contributed by atoms with Gasteiger partial charge in [-0.15, -0.1) is 0 Å². The summed E-state index contributed by atoms with van der Waals surface area (Å²) >= 11 is 1.75. The molecule has 1 N–H and O–H groups in total. The van der Waals surface area contributed by atoms with E-state index in [1.807, 2.05) is 6.07 Å². The van der Waals surface area contributed by atoms with Crippen molar-refractivity contribution in [3.05, 3.63) is 58.0 Å². The van der Waals surface area contributed by atoms with Gasteiger partial charge in [0.15, 0.2) is 0 Å². The number of halogens is 1. The molecule has 0 bridgehead atoms. The Labute approximate surface area is 131 Å². The quantitative estimate of drug-likeness (QED) is 0.663. The molecule has 2 rings (SSSR count). The molecule has 1 heterocycles. The molecule has 1 unspecified atom stereocenters. The van der Waals surface area contributed by atoms with Crippen LogP contribution in [0.5, 0.6) is 0 Å². The van der Waals surface area contributed by atoms with E-state index in [9.17, 15) is 4.39 Å². The zero-order valence-corrected chi connectivity index (χ0v) is 13.5. The van der Waals surface area contributed by atoms with Crippen LogP contribution in [0.25, 0.3) is 0 Å². The topological polar surface area (TPSA) is 12.0 Å². The molecule has 0 spiro atoms. The second-order valence-corrected chi connectivity index (χ2v) is 6.35. The van der Waals surface area contributed by atoms with E-state index in [4.69, 9.17) is 0 Å². The number of aryl methyl sites for hydroxylation is 1. The maximum absolute atomic E-state index is 13.3. The molecule has 0 radical (unpaired) electrons. The van der Waals surface area contributed by atoms with Gasteiger partial charge in [0.25, 0.3) is 0 Å². The summed E-state index contributed by atoms with van der Waals surface area (Å²) in [6.45, 7) is 4.24. The van der Waals surface area contributed by atoms with Gasteiger partial charge < -0.3 is 5.32 Å². The fourth-order valence-electron chi connectivity index (χ4n) is 2.56. The average Bonchev–Trinajstić information content (AvgIpc) is 2.98. The van der Waals surface area contributed by atoms with E-state index in [2.05, 4.69) is 29.1 Å². The van der Waals surface area contributed by atoms with Gasteiger partial charge in [-0.25, -0.2) is 4.39 Å². The Kier molecular flexibility index (Phi) is 6.90. The Morgan fingerprint density at radius 1 is 1.24 bits per heavy atom. The minimum atomic E-state index is -0.134. The third-order valence-corrected chi connectivity index (χ3v) is 4.43. The fourth-order valence-corrected chi connectivity index (χ4v) is 3.27. The van der Waals surface area contributed by atoms with Gasteiger partial charge in [-0.05, 0) is 84.8 Å². The lowest BCUT2D eigenvalue weighted by Crippen LogP contribution is -2.25. The highest BCUT2D eigenvalue weighted by molar-refractivity contribution is 7.07. The highest BCUT2D eigenvalue weighted by Crippen LogP contribution is 2.17. The molecular formula is C18H24FNS. The SMILES string of the molecule is CCCNCC(CCc1ccsc1)Cc1cccc(F)c1. The normalized spacial score (nSPS) is 12.5. The van der Waals surface area contributed by atoms with Crippen molar-refractivity contribution in [3.8, 4) is 0 Å². The first-order valence-electron chi connectivity index (χ1n) is 7.74. The van der Waals surface area contributed by atoms with Gasteiger partial charge in [-0.2, -0.15) is 11.3 Å². The first-order valence-corrected chi connectivity index (χ1v) is 8.68. The van der Waals surface area contributed by atoms with Crippen LogP contribution in [0.3, 0.4) is 0 Å². The van der Waals surface area contributed by atoms with Crippen LogP contribution in [0.4, 0.5) is 4.39 Å². The Balaban J connectivity index is 1.90. The van der Waals surface area contributed by atoms with Crippen molar-refractivity contribution in [1.29, 1.82) is 0 Å². The maximum Gasteiger partial charge on any atom is 0.123 e. The number of thiophene rings is 1. The summed E-state index contributed by atoms with van der Waals surface area (Å²) in [5.41, 5.74) is 2.52. The van der Waals surface area contributed by atoms with Crippen molar-refractivity contribution in [1.82, 2.24) is 5.32 Å². The summed E-state index contributed by atoms with van der Waals surface area (Å²) < 4.78 is 13.3. The van der Waals surface area contributed by atoms with Gasteiger partial charge >= 0.3 is 0 Å². The predicted molar refractivity (Wildman–Crippen MR) is 89.4 cm³/mol. The molecule has 0 amide bonds. The lowest BCUT2D eigenvalue weighted by atomic mass is 9.93. The average molecular weight is 305 g/mol.